The van der Waals surface area contributed by atoms with Crippen LogP contribution in [0.4, 0.5) is 18.4 Å². The summed E-state index contributed by atoms with van der Waals surface area (Å²) in [6.07, 6.45) is -1.83. The summed E-state index contributed by atoms with van der Waals surface area (Å²) in [5, 5.41) is 25.1. The van der Waals surface area contributed by atoms with Crippen molar-refractivity contribution in [2.75, 3.05) is 13.1 Å². The molecule has 0 aliphatic carbocycles. The number of rotatable bonds is 11. The molecule has 0 saturated heterocycles. The van der Waals surface area contributed by atoms with Crippen LogP contribution in [-0.4, -0.2) is 57.0 Å². The second-order valence-corrected chi connectivity index (χ2v) is 9.09. The van der Waals surface area contributed by atoms with Crippen molar-refractivity contribution in [3.63, 3.8) is 0 Å². The predicted octanol–water partition coefficient (Wildman–Crippen LogP) is 4.44. The van der Waals surface area contributed by atoms with Gasteiger partial charge in [-0.05, 0) is 65.9 Å². The molecule has 0 aliphatic rings. The number of hydrogen-bond acceptors (Lipinski definition) is 4. The van der Waals surface area contributed by atoms with Crippen LogP contribution in [-0.2, 0) is 6.54 Å². The third-order valence-corrected chi connectivity index (χ3v) is 6.23. The SMILES string of the molecule is O=C(O)NCCC[C@@H](CNC(=O)c1nc2cc(-c3ccc(F)cc3)ccc2n1Cc1ccc(F)cc1)NC(=O)O. The van der Waals surface area contributed by atoms with Crippen molar-refractivity contribution in [1.29, 1.82) is 0 Å². The number of benzene rings is 3. The van der Waals surface area contributed by atoms with E-state index in [2.05, 4.69) is 20.9 Å². The molecule has 0 bridgehead atoms. The van der Waals surface area contributed by atoms with Gasteiger partial charge in [-0.25, -0.2) is 23.4 Å². The van der Waals surface area contributed by atoms with Crippen molar-refractivity contribution in [2.24, 2.45) is 0 Å². The van der Waals surface area contributed by atoms with Crippen LogP contribution < -0.4 is 16.0 Å². The quantitative estimate of drug-likeness (QED) is 0.174. The van der Waals surface area contributed by atoms with Crippen molar-refractivity contribution >= 4 is 29.1 Å². The molecule has 4 aromatic rings. The first kappa shape index (κ1) is 28.0. The third-order valence-electron chi connectivity index (χ3n) is 6.23. The fraction of sp³-hybridized carbons (Fsp3) is 0.214. The Bertz CT molecular complexity index is 1510. The highest BCUT2D eigenvalue weighted by Crippen LogP contribution is 2.26. The Morgan fingerprint density at radius 1 is 0.850 bits per heavy atom. The maximum absolute atomic E-state index is 13.5. The van der Waals surface area contributed by atoms with Crippen LogP contribution in [0.2, 0.25) is 0 Å². The van der Waals surface area contributed by atoms with Crippen LogP contribution in [0.3, 0.4) is 0 Å². The monoisotopic (exact) mass is 551 g/mol. The van der Waals surface area contributed by atoms with E-state index in [0.717, 1.165) is 16.7 Å². The number of amides is 3. The smallest absolute Gasteiger partial charge is 0.404 e. The first-order valence-corrected chi connectivity index (χ1v) is 12.4. The van der Waals surface area contributed by atoms with E-state index in [1.165, 1.54) is 24.3 Å². The van der Waals surface area contributed by atoms with Gasteiger partial charge >= 0.3 is 12.2 Å². The fourth-order valence-corrected chi connectivity index (χ4v) is 4.30. The minimum atomic E-state index is -1.28. The Balaban J connectivity index is 1.60. The first-order valence-electron chi connectivity index (χ1n) is 12.4. The summed E-state index contributed by atoms with van der Waals surface area (Å²) in [5.74, 6) is -1.24. The highest BCUT2D eigenvalue weighted by Gasteiger charge is 2.20. The molecular formula is C28H27F2N5O5. The molecule has 0 saturated carbocycles. The molecule has 0 aliphatic heterocycles. The van der Waals surface area contributed by atoms with E-state index < -0.39 is 30.0 Å². The van der Waals surface area contributed by atoms with Gasteiger partial charge in [0.15, 0.2) is 5.82 Å². The molecule has 40 heavy (non-hydrogen) atoms. The number of hydrogen-bond donors (Lipinski definition) is 5. The average Bonchev–Trinajstić information content (AvgIpc) is 3.28. The minimum Gasteiger partial charge on any atom is -0.465 e. The van der Waals surface area contributed by atoms with Gasteiger partial charge < -0.3 is 30.7 Å². The van der Waals surface area contributed by atoms with Crippen molar-refractivity contribution in [3.8, 4) is 11.1 Å². The highest BCUT2D eigenvalue weighted by atomic mass is 19.1. The normalized spacial score (nSPS) is 11.7. The van der Waals surface area contributed by atoms with Crippen LogP contribution in [0.5, 0.6) is 0 Å². The van der Waals surface area contributed by atoms with Gasteiger partial charge in [0.25, 0.3) is 5.91 Å². The van der Waals surface area contributed by atoms with E-state index >= 15 is 0 Å². The van der Waals surface area contributed by atoms with Crippen LogP contribution in [0.15, 0.2) is 66.7 Å². The molecule has 0 fully saturated rings. The summed E-state index contributed by atoms with van der Waals surface area (Å²) in [6.45, 7) is 0.289. The third kappa shape index (κ3) is 7.31. The van der Waals surface area contributed by atoms with E-state index in [-0.39, 0.29) is 37.7 Å². The van der Waals surface area contributed by atoms with E-state index in [1.807, 2.05) is 6.07 Å². The summed E-state index contributed by atoms with van der Waals surface area (Å²) in [4.78, 5) is 39.7. The largest absolute Gasteiger partial charge is 0.465 e. The second kappa shape index (κ2) is 12.7. The van der Waals surface area contributed by atoms with Crippen LogP contribution in [0.25, 0.3) is 22.2 Å². The highest BCUT2D eigenvalue weighted by molar-refractivity contribution is 5.95. The Kier molecular flexibility index (Phi) is 8.89. The summed E-state index contributed by atoms with van der Waals surface area (Å²) in [6, 6.07) is 16.6. The Morgan fingerprint density at radius 3 is 2.15 bits per heavy atom. The van der Waals surface area contributed by atoms with Gasteiger partial charge in [0, 0.05) is 25.7 Å². The number of imidazole rings is 1. The molecule has 3 aromatic carbocycles. The number of nitrogens with zero attached hydrogens (tertiary/aromatic N) is 2. The van der Waals surface area contributed by atoms with Crippen molar-refractivity contribution in [1.82, 2.24) is 25.5 Å². The lowest BCUT2D eigenvalue weighted by molar-refractivity contribution is 0.0933. The molecule has 0 spiro atoms. The lowest BCUT2D eigenvalue weighted by atomic mass is 10.1. The van der Waals surface area contributed by atoms with Crippen molar-refractivity contribution in [2.45, 2.75) is 25.4 Å². The molecule has 1 heterocycles. The van der Waals surface area contributed by atoms with Gasteiger partial charge in [-0.3, -0.25) is 4.79 Å². The minimum absolute atomic E-state index is 0.0568. The van der Waals surface area contributed by atoms with Gasteiger partial charge in [-0.1, -0.05) is 30.3 Å². The molecular weight excluding hydrogens is 524 g/mol. The molecule has 12 heteroatoms. The van der Waals surface area contributed by atoms with Gasteiger partial charge in [0.05, 0.1) is 11.0 Å². The van der Waals surface area contributed by atoms with E-state index in [9.17, 15) is 28.3 Å². The zero-order valence-corrected chi connectivity index (χ0v) is 21.2. The zero-order chi connectivity index (χ0) is 28.6. The lowest BCUT2D eigenvalue weighted by Crippen LogP contribution is -2.44. The number of halogens is 2. The fourth-order valence-electron chi connectivity index (χ4n) is 4.30. The van der Waals surface area contributed by atoms with Crippen LogP contribution in [0.1, 0.15) is 29.0 Å². The lowest BCUT2D eigenvalue weighted by Gasteiger charge is -2.18. The maximum Gasteiger partial charge on any atom is 0.404 e. The number of carbonyl (C=O) groups is 3. The molecule has 4 rings (SSSR count). The van der Waals surface area contributed by atoms with E-state index in [0.29, 0.717) is 17.5 Å². The van der Waals surface area contributed by atoms with E-state index in [4.69, 9.17) is 5.11 Å². The molecule has 10 nitrogen and oxygen atoms in total. The van der Waals surface area contributed by atoms with Gasteiger partial charge in [0.2, 0.25) is 0 Å². The Hall–Kier alpha value is -5.00. The molecule has 5 N–H and O–H groups in total. The number of nitrogens with one attached hydrogen (secondary N) is 3. The van der Waals surface area contributed by atoms with Gasteiger partial charge in [0.1, 0.15) is 11.6 Å². The second-order valence-electron chi connectivity index (χ2n) is 9.09. The van der Waals surface area contributed by atoms with Crippen molar-refractivity contribution in [3.05, 3.63) is 89.8 Å². The summed E-state index contributed by atoms with van der Waals surface area (Å²) >= 11 is 0. The standard InChI is InChI=1S/C28H27F2N5O5/c29-20-8-3-17(4-9-20)16-35-24-12-7-19(18-5-10-21(30)11-6-18)14-23(24)34-25(35)26(36)32-15-22(33-28(39)40)2-1-13-31-27(37)38/h3-12,14,22,31,33H,1-2,13,15-16H2,(H,32,36)(H,37,38)(H,39,40)/t22-/m0/s1. The van der Waals surface area contributed by atoms with E-state index in [1.54, 1.807) is 41.0 Å². The van der Waals surface area contributed by atoms with Gasteiger partial charge in [-0.2, -0.15) is 0 Å². The first-order chi connectivity index (χ1) is 19.2. The predicted molar refractivity (Wildman–Crippen MR) is 143 cm³/mol. The topological polar surface area (TPSA) is 146 Å². The number of carboxylic acid groups (broad SMARTS) is 2. The summed E-state index contributed by atoms with van der Waals surface area (Å²) in [7, 11) is 0. The van der Waals surface area contributed by atoms with Crippen molar-refractivity contribution < 1.29 is 33.4 Å². The van der Waals surface area contributed by atoms with Gasteiger partial charge in [-0.15, -0.1) is 0 Å². The summed E-state index contributed by atoms with van der Waals surface area (Å²) in [5.41, 5.74) is 3.41. The molecule has 0 radical (unpaired) electrons. The van der Waals surface area contributed by atoms with Crippen LogP contribution >= 0.6 is 0 Å². The summed E-state index contributed by atoms with van der Waals surface area (Å²) < 4.78 is 28.6. The number of aromatic nitrogens is 2. The molecule has 208 valence electrons. The maximum atomic E-state index is 13.5. The zero-order valence-electron chi connectivity index (χ0n) is 21.2. The average molecular weight is 552 g/mol. The Labute approximate surface area is 227 Å². The molecule has 3 amide bonds. The number of carbonyl (C=O) groups excluding carboxylic acids is 1. The molecule has 1 aromatic heterocycles. The number of fused-ring (bicyclic) bond motifs is 1. The Morgan fingerprint density at radius 2 is 1.50 bits per heavy atom. The molecule has 1 atom stereocenters. The molecule has 0 unspecified atom stereocenters. The van der Waals surface area contributed by atoms with Crippen LogP contribution in [0, 0.1) is 11.6 Å².